The summed E-state index contributed by atoms with van der Waals surface area (Å²) in [6, 6.07) is 17.0. The summed E-state index contributed by atoms with van der Waals surface area (Å²) >= 11 is 0. The summed E-state index contributed by atoms with van der Waals surface area (Å²) in [6.45, 7) is 4.56. The lowest BCUT2D eigenvalue weighted by Gasteiger charge is -2.29. The van der Waals surface area contributed by atoms with Crippen LogP contribution in [-0.4, -0.2) is 23.3 Å². The normalized spacial score (nSPS) is 13.0. The zero-order valence-corrected chi connectivity index (χ0v) is 16.6. The van der Waals surface area contributed by atoms with Crippen LogP contribution in [0.1, 0.15) is 44.0 Å². The molecule has 1 aliphatic heterocycles. The fourth-order valence-electron chi connectivity index (χ4n) is 3.77. The molecular weight excluding hydrogens is 362 g/mol. The van der Waals surface area contributed by atoms with Crippen LogP contribution in [-0.2, 0) is 6.42 Å². The molecule has 29 heavy (non-hydrogen) atoms. The summed E-state index contributed by atoms with van der Waals surface area (Å²) < 4.78 is 0. The maximum Gasteiger partial charge on any atom is 0.276 e. The molecule has 0 bridgehead atoms. The van der Waals surface area contributed by atoms with Gasteiger partial charge in [-0.15, -0.1) is 0 Å². The van der Waals surface area contributed by atoms with Crippen LogP contribution >= 0.6 is 0 Å². The molecule has 0 unspecified atom stereocenters. The van der Waals surface area contributed by atoms with Gasteiger partial charge in [0.05, 0.1) is 0 Å². The molecule has 0 atom stereocenters. The molecule has 5 heteroatoms. The Morgan fingerprint density at radius 2 is 1.76 bits per heavy atom. The van der Waals surface area contributed by atoms with Crippen molar-refractivity contribution in [1.82, 2.24) is 4.98 Å². The van der Waals surface area contributed by atoms with Gasteiger partial charge in [0.1, 0.15) is 5.69 Å². The van der Waals surface area contributed by atoms with Crippen molar-refractivity contribution in [3.05, 3.63) is 88.7 Å². The fourth-order valence-corrected chi connectivity index (χ4v) is 3.77. The number of anilines is 2. The number of nitrogens with zero attached hydrogens (tertiary/aromatic N) is 2. The number of rotatable bonds is 3. The highest BCUT2D eigenvalue weighted by Crippen LogP contribution is 2.28. The molecule has 1 aliphatic rings. The first-order valence-corrected chi connectivity index (χ1v) is 9.78. The number of aromatic nitrogens is 1. The minimum absolute atomic E-state index is 0.182. The minimum Gasteiger partial charge on any atom is -0.322 e. The van der Waals surface area contributed by atoms with Crippen LogP contribution in [0.25, 0.3) is 0 Å². The van der Waals surface area contributed by atoms with Gasteiger partial charge in [0.15, 0.2) is 0 Å². The monoisotopic (exact) mass is 385 g/mol. The van der Waals surface area contributed by atoms with E-state index in [4.69, 9.17) is 0 Å². The number of aryl methyl sites for hydroxylation is 3. The van der Waals surface area contributed by atoms with E-state index in [-0.39, 0.29) is 17.5 Å². The first kappa shape index (κ1) is 18.9. The van der Waals surface area contributed by atoms with Crippen LogP contribution in [0, 0.1) is 13.8 Å². The van der Waals surface area contributed by atoms with E-state index in [9.17, 15) is 9.59 Å². The number of amides is 2. The molecule has 0 radical (unpaired) electrons. The molecule has 0 aliphatic carbocycles. The number of para-hydroxylation sites is 2. The molecule has 0 saturated heterocycles. The molecule has 3 aromatic rings. The third kappa shape index (κ3) is 3.76. The van der Waals surface area contributed by atoms with Crippen LogP contribution in [0.2, 0.25) is 0 Å². The summed E-state index contributed by atoms with van der Waals surface area (Å²) in [5.74, 6) is -0.434. The highest BCUT2D eigenvalue weighted by molar-refractivity contribution is 6.09. The Bertz CT molecular complexity index is 1070. The van der Waals surface area contributed by atoms with E-state index in [0.29, 0.717) is 12.1 Å². The van der Waals surface area contributed by atoms with Crippen LogP contribution in [0.15, 0.2) is 60.8 Å². The number of benzene rings is 2. The smallest absolute Gasteiger partial charge is 0.276 e. The number of fused-ring (bicyclic) bond motifs is 1. The SMILES string of the molecule is Cc1cccc(C)c1NC(=O)c1ccnc(C(=O)N2CCCc3ccccc32)c1. The molecule has 4 rings (SSSR count). The lowest BCUT2D eigenvalue weighted by Crippen LogP contribution is -2.36. The van der Waals surface area contributed by atoms with Gasteiger partial charge in [0, 0.05) is 29.7 Å². The van der Waals surface area contributed by atoms with Crippen molar-refractivity contribution < 1.29 is 9.59 Å². The van der Waals surface area contributed by atoms with Gasteiger partial charge < -0.3 is 10.2 Å². The number of hydrogen-bond donors (Lipinski definition) is 1. The third-order valence-electron chi connectivity index (χ3n) is 5.32. The van der Waals surface area contributed by atoms with E-state index in [1.54, 1.807) is 17.0 Å². The number of pyridine rings is 1. The van der Waals surface area contributed by atoms with E-state index in [1.165, 1.54) is 6.20 Å². The van der Waals surface area contributed by atoms with Gasteiger partial charge >= 0.3 is 0 Å². The van der Waals surface area contributed by atoms with Crippen LogP contribution < -0.4 is 10.2 Å². The Kier molecular flexibility index (Phi) is 5.12. The van der Waals surface area contributed by atoms with Gasteiger partial charge in [0.2, 0.25) is 0 Å². The lowest BCUT2D eigenvalue weighted by atomic mass is 10.0. The molecular formula is C24H23N3O2. The van der Waals surface area contributed by atoms with Gasteiger partial charge in [-0.2, -0.15) is 0 Å². The summed E-state index contributed by atoms with van der Waals surface area (Å²) in [5.41, 5.74) is 5.56. The average molecular weight is 385 g/mol. The number of hydrogen-bond acceptors (Lipinski definition) is 3. The van der Waals surface area contributed by atoms with Gasteiger partial charge in [-0.3, -0.25) is 14.6 Å². The lowest BCUT2D eigenvalue weighted by molar-refractivity contribution is 0.0980. The summed E-state index contributed by atoms with van der Waals surface area (Å²) in [7, 11) is 0. The predicted molar refractivity (Wildman–Crippen MR) is 115 cm³/mol. The molecule has 2 amide bonds. The van der Waals surface area contributed by atoms with Gasteiger partial charge in [-0.25, -0.2) is 0 Å². The van der Waals surface area contributed by atoms with Crippen LogP contribution in [0.4, 0.5) is 11.4 Å². The number of carbonyl (C=O) groups excluding carboxylic acids is 2. The molecule has 146 valence electrons. The molecule has 5 nitrogen and oxygen atoms in total. The number of nitrogens with one attached hydrogen (secondary N) is 1. The second kappa shape index (κ2) is 7.87. The minimum atomic E-state index is -0.252. The molecule has 1 aromatic heterocycles. The first-order chi connectivity index (χ1) is 14.0. The van der Waals surface area contributed by atoms with E-state index in [0.717, 1.165) is 40.9 Å². The topological polar surface area (TPSA) is 62.3 Å². The molecule has 0 fully saturated rings. The second-order valence-corrected chi connectivity index (χ2v) is 7.34. The van der Waals surface area contributed by atoms with Crippen molar-refractivity contribution in [2.45, 2.75) is 26.7 Å². The Labute approximate surface area is 170 Å². The van der Waals surface area contributed by atoms with Crippen molar-refractivity contribution >= 4 is 23.2 Å². The summed E-state index contributed by atoms with van der Waals surface area (Å²) in [5, 5.41) is 2.96. The van der Waals surface area contributed by atoms with Gasteiger partial charge in [-0.05, 0) is 61.6 Å². The van der Waals surface area contributed by atoms with E-state index >= 15 is 0 Å². The zero-order valence-electron chi connectivity index (χ0n) is 16.6. The Morgan fingerprint density at radius 3 is 2.55 bits per heavy atom. The molecule has 2 aromatic carbocycles. The van der Waals surface area contributed by atoms with E-state index < -0.39 is 0 Å². The van der Waals surface area contributed by atoms with Gasteiger partial charge in [0.25, 0.3) is 11.8 Å². The van der Waals surface area contributed by atoms with Gasteiger partial charge in [-0.1, -0.05) is 36.4 Å². The highest BCUT2D eigenvalue weighted by Gasteiger charge is 2.24. The molecule has 0 spiro atoms. The quantitative estimate of drug-likeness (QED) is 0.720. The first-order valence-electron chi connectivity index (χ1n) is 9.78. The highest BCUT2D eigenvalue weighted by atomic mass is 16.2. The number of carbonyl (C=O) groups is 2. The van der Waals surface area contributed by atoms with Crippen LogP contribution in [0.5, 0.6) is 0 Å². The fraction of sp³-hybridized carbons (Fsp3) is 0.208. The van der Waals surface area contributed by atoms with Crippen LogP contribution in [0.3, 0.4) is 0 Å². The Morgan fingerprint density at radius 1 is 1.00 bits per heavy atom. The Hall–Kier alpha value is -3.47. The molecule has 1 N–H and O–H groups in total. The summed E-state index contributed by atoms with van der Waals surface area (Å²) in [6.07, 6.45) is 3.39. The summed E-state index contributed by atoms with van der Waals surface area (Å²) in [4.78, 5) is 31.9. The molecule has 2 heterocycles. The second-order valence-electron chi connectivity index (χ2n) is 7.34. The van der Waals surface area contributed by atoms with Crippen molar-refractivity contribution in [3.63, 3.8) is 0 Å². The van der Waals surface area contributed by atoms with Crippen molar-refractivity contribution in [2.75, 3.05) is 16.8 Å². The maximum atomic E-state index is 13.1. The maximum absolute atomic E-state index is 13.1. The van der Waals surface area contributed by atoms with Crippen molar-refractivity contribution in [1.29, 1.82) is 0 Å². The van der Waals surface area contributed by atoms with Crippen molar-refractivity contribution in [3.8, 4) is 0 Å². The zero-order chi connectivity index (χ0) is 20.4. The van der Waals surface area contributed by atoms with E-state index in [1.807, 2.05) is 50.2 Å². The standard InChI is InChI=1S/C24H23N3O2/c1-16-7-5-8-17(2)22(16)26-23(28)19-12-13-25-20(15-19)24(29)27-14-6-10-18-9-3-4-11-21(18)27/h3-5,7-9,11-13,15H,6,10,14H2,1-2H3,(H,26,28). The van der Waals surface area contributed by atoms with E-state index in [2.05, 4.69) is 16.4 Å². The largest absolute Gasteiger partial charge is 0.322 e. The Balaban J connectivity index is 1.59. The molecule has 0 saturated carbocycles. The predicted octanol–water partition coefficient (Wildman–Crippen LogP) is 4.54. The average Bonchev–Trinajstić information content (AvgIpc) is 2.75. The van der Waals surface area contributed by atoms with Crippen molar-refractivity contribution in [2.24, 2.45) is 0 Å². The third-order valence-corrected chi connectivity index (χ3v) is 5.32.